The molecule has 124 valence electrons. The number of aromatic amines is 1. The Balaban J connectivity index is 1.66. The molecule has 0 bridgehead atoms. The van der Waals surface area contributed by atoms with Crippen LogP contribution in [0.25, 0.3) is 11.3 Å². The number of hydrogen-bond donors (Lipinski definition) is 2. The lowest BCUT2D eigenvalue weighted by atomic mass is 9.98. The van der Waals surface area contributed by atoms with Gasteiger partial charge in [-0.2, -0.15) is 5.10 Å². The van der Waals surface area contributed by atoms with E-state index in [1.54, 1.807) is 23.1 Å². The van der Waals surface area contributed by atoms with Gasteiger partial charge < -0.3 is 10.6 Å². The Morgan fingerprint density at radius 2 is 2.04 bits per heavy atom. The van der Waals surface area contributed by atoms with Crippen LogP contribution in [0, 0.1) is 11.2 Å². The average Bonchev–Trinajstić information content (AvgIpc) is 3.29. The SMILES string of the molecule is NC(=O)C1(C(=O)N2CCc3[nH]nc(-c4ccccc4F)c3C2)CC1. The maximum Gasteiger partial charge on any atom is 0.238 e. The molecule has 1 aromatic heterocycles. The fraction of sp³-hybridized carbons (Fsp3) is 0.353. The molecule has 1 fully saturated rings. The number of nitrogens with zero attached hydrogens (tertiary/aromatic N) is 2. The minimum absolute atomic E-state index is 0.221. The predicted octanol–water partition coefficient (Wildman–Crippen LogP) is 1.37. The van der Waals surface area contributed by atoms with E-state index in [0.29, 0.717) is 43.6 Å². The van der Waals surface area contributed by atoms with E-state index in [4.69, 9.17) is 5.73 Å². The van der Waals surface area contributed by atoms with Crippen molar-refractivity contribution in [1.29, 1.82) is 0 Å². The lowest BCUT2D eigenvalue weighted by Gasteiger charge is -2.29. The monoisotopic (exact) mass is 328 g/mol. The van der Waals surface area contributed by atoms with Crippen molar-refractivity contribution in [1.82, 2.24) is 15.1 Å². The lowest BCUT2D eigenvalue weighted by molar-refractivity contribution is -0.143. The van der Waals surface area contributed by atoms with Gasteiger partial charge in [0, 0.05) is 36.3 Å². The number of primary amides is 1. The van der Waals surface area contributed by atoms with Gasteiger partial charge in [-0.1, -0.05) is 12.1 Å². The molecule has 1 saturated carbocycles. The number of aromatic nitrogens is 2. The number of hydrogen-bond acceptors (Lipinski definition) is 3. The van der Waals surface area contributed by atoms with Gasteiger partial charge in [0.25, 0.3) is 0 Å². The number of rotatable bonds is 3. The minimum Gasteiger partial charge on any atom is -0.369 e. The molecule has 7 heteroatoms. The highest BCUT2D eigenvalue weighted by Gasteiger charge is 2.57. The Morgan fingerprint density at radius 3 is 2.71 bits per heavy atom. The molecule has 2 heterocycles. The third-order valence-corrected chi connectivity index (χ3v) is 4.98. The Bertz CT molecular complexity index is 841. The fourth-order valence-corrected chi connectivity index (χ4v) is 3.34. The van der Waals surface area contributed by atoms with Crippen molar-refractivity contribution in [3.8, 4) is 11.3 Å². The number of nitrogens with two attached hydrogens (primary N) is 1. The molecule has 4 rings (SSSR count). The van der Waals surface area contributed by atoms with Crippen molar-refractivity contribution in [2.75, 3.05) is 6.54 Å². The first-order valence-corrected chi connectivity index (χ1v) is 7.93. The number of halogens is 1. The van der Waals surface area contributed by atoms with E-state index in [1.807, 2.05) is 0 Å². The Kier molecular flexibility index (Phi) is 3.19. The van der Waals surface area contributed by atoms with Crippen molar-refractivity contribution in [2.24, 2.45) is 11.1 Å². The van der Waals surface area contributed by atoms with Gasteiger partial charge in [-0.3, -0.25) is 14.7 Å². The molecule has 0 atom stereocenters. The van der Waals surface area contributed by atoms with E-state index in [0.717, 1.165) is 11.3 Å². The Labute approximate surface area is 137 Å². The molecule has 1 aliphatic heterocycles. The molecule has 24 heavy (non-hydrogen) atoms. The van der Waals surface area contributed by atoms with Crippen molar-refractivity contribution < 1.29 is 14.0 Å². The van der Waals surface area contributed by atoms with E-state index in [2.05, 4.69) is 10.2 Å². The van der Waals surface area contributed by atoms with Gasteiger partial charge in [-0.05, 0) is 25.0 Å². The zero-order valence-corrected chi connectivity index (χ0v) is 13.0. The number of carbonyl (C=O) groups is 2. The lowest BCUT2D eigenvalue weighted by Crippen LogP contribution is -2.45. The summed E-state index contributed by atoms with van der Waals surface area (Å²) in [6.45, 7) is 0.809. The fourth-order valence-electron chi connectivity index (χ4n) is 3.34. The third kappa shape index (κ3) is 2.11. The normalized spacial score (nSPS) is 18.1. The summed E-state index contributed by atoms with van der Waals surface area (Å²) in [5, 5.41) is 7.18. The van der Waals surface area contributed by atoms with Crippen LogP contribution in [0.2, 0.25) is 0 Å². The molecule has 0 saturated heterocycles. The second-order valence-electron chi connectivity index (χ2n) is 6.43. The second kappa shape index (κ2) is 5.15. The largest absolute Gasteiger partial charge is 0.369 e. The first-order chi connectivity index (χ1) is 11.5. The van der Waals surface area contributed by atoms with Gasteiger partial charge in [-0.25, -0.2) is 4.39 Å². The molecule has 0 unspecified atom stereocenters. The maximum absolute atomic E-state index is 14.1. The highest BCUT2D eigenvalue weighted by atomic mass is 19.1. The van der Waals surface area contributed by atoms with Gasteiger partial charge in [0.1, 0.15) is 16.9 Å². The maximum atomic E-state index is 14.1. The van der Waals surface area contributed by atoms with Crippen LogP contribution in [0.3, 0.4) is 0 Å². The summed E-state index contributed by atoms with van der Waals surface area (Å²) in [5.41, 5.74) is 7.00. The Hall–Kier alpha value is -2.70. The predicted molar refractivity (Wildman–Crippen MR) is 84.0 cm³/mol. The number of H-pyrrole nitrogens is 1. The number of carbonyl (C=O) groups excluding carboxylic acids is 2. The molecule has 2 aliphatic rings. The van der Waals surface area contributed by atoms with Gasteiger partial charge in [0.2, 0.25) is 11.8 Å². The van der Waals surface area contributed by atoms with Crippen LogP contribution < -0.4 is 5.73 Å². The van der Waals surface area contributed by atoms with Crippen molar-refractivity contribution in [2.45, 2.75) is 25.8 Å². The van der Waals surface area contributed by atoms with E-state index in [9.17, 15) is 14.0 Å². The quantitative estimate of drug-likeness (QED) is 0.834. The summed E-state index contributed by atoms with van der Waals surface area (Å²) in [4.78, 5) is 25.9. The van der Waals surface area contributed by atoms with Crippen LogP contribution in [0.4, 0.5) is 4.39 Å². The van der Waals surface area contributed by atoms with Gasteiger partial charge in [-0.15, -0.1) is 0 Å². The van der Waals surface area contributed by atoms with Gasteiger partial charge in [0.05, 0.1) is 0 Å². The first-order valence-electron chi connectivity index (χ1n) is 7.93. The Morgan fingerprint density at radius 1 is 1.29 bits per heavy atom. The third-order valence-electron chi connectivity index (χ3n) is 4.98. The first kappa shape index (κ1) is 14.9. The van der Waals surface area contributed by atoms with Crippen LogP contribution in [-0.4, -0.2) is 33.5 Å². The molecule has 0 radical (unpaired) electrons. The molecular weight excluding hydrogens is 311 g/mol. The van der Waals surface area contributed by atoms with Crippen LogP contribution in [0.15, 0.2) is 24.3 Å². The molecule has 3 N–H and O–H groups in total. The standard InChI is InChI=1S/C17H17FN4O2/c18-12-4-2-1-3-10(12)14-11-9-22(8-5-13(11)20-21-14)16(24)17(6-7-17)15(19)23/h1-4H,5-9H2,(H2,19,23)(H,20,21). The zero-order chi connectivity index (χ0) is 16.9. The van der Waals surface area contributed by atoms with Crippen LogP contribution in [0.5, 0.6) is 0 Å². The van der Waals surface area contributed by atoms with Crippen LogP contribution in [0.1, 0.15) is 24.1 Å². The molecule has 1 aliphatic carbocycles. The topological polar surface area (TPSA) is 92.1 Å². The summed E-state index contributed by atoms with van der Waals surface area (Å²) in [7, 11) is 0. The smallest absolute Gasteiger partial charge is 0.238 e. The molecular formula is C17H17FN4O2. The molecule has 1 aromatic carbocycles. The van der Waals surface area contributed by atoms with Crippen molar-refractivity contribution >= 4 is 11.8 Å². The van der Waals surface area contributed by atoms with E-state index in [-0.39, 0.29) is 11.7 Å². The van der Waals surface area contributed by atoms with Crippen LogP contribution in [-0.2, 0) is 22.6 Å². The second-order valence-corrected chi connectivity index (χ2v) is 6.43. The highest BCUT2D eigenvalue weighted by Crippen LogP contribution is 2.47. The van der Waals surface area contributed by atoms with E-state index < -0.39 is 11.3 Å². The summed E-state index contributed by atoms with van der Waals surface area (Å²) in [6, 6.07) is 6.42. The van der Waals surface area contributed by atoms with E-state index in [1.165, 1.54) is 6.07 Å². The van der Waals surface area contributed by atoms with E-state index >= 15 is 0 Å². The highest BCUT2D eigenvalue weighted by molar-refractivity contribution is 6.07. The van der Waals surface area contributed by atoms with Crippen LogP contribution >= 0.6 is 0 Å². The summed E-state index contributed by atoms with van der Waals surface area (Å²) in [5.74, 6) is -1.13. The minimum atomic E-state index is -1.03. The number of fused-ring (bicyclic) bond motifs is 1. The number of nitrogens with one attached hydrogen (secondary N) is 1. The summed E-state index contributed by atoms with van der Waals surface area (Å²) in [6.07, 6.45) is 1.61. The van der Waals surface area contributed by atoms with Gasteiger partial charge in [0.15, 0.2) is 0 Å². The van der Waals surface area contributed by atoms with Crippen molar-refractivity contribution in [3.63, 3.8) is 0 Å². The van der Waals surface area contributed by atoms with Gasteiger partial charge >= 0.3 is 0 Å². The summed E-state index contributed by atoms with van der Waals surface area (Å²) < 4.78 is 14.1. The average molecular weight is 328 g/mol. The molecule has 2 aromatic rings. The number of amides is 2. The summed E-state index contributed by atoms with van der Waals surface area (Å²) >= 11 is 0. The van der Waals surface area contributed by atoms with Crippen molar-refractivity contribution in [3.05, 3.63) is 41.3 Å². The number of benzene rings is 1. The zero-order valence-electron chi connectivity index (χ0n) is 13.0. The molecule has 6 nitrogen and oxygen atoms in total. The molecule has 0 spiro atoms. The molecule has 2 amide bonds.